The Morgan fingerprint density at radius 2 is 2.06 bits per heavy atom. The van der Waals surface area contributed by atoms with E-state index in [1.165, 1.54) is 6.07 Å². The van der Waals surface area contributed by atoms with Crippen molar-refractivity contribution in [2.75, 3.05) is 12.8 Å². The molecule has 2 aliphatic heterocycles. The molecule has 11 heteroatoms. The van der Waals surface area contributed by atoms with E-state index in [2.05, 4.69) is 15.9 Å². The van der Waals surface area contributed by atoms with Gasteiger partial charge in [-0.2, -0.15) is 8.42 Å². The number of halogens is 3. The number of rotatable bonds is 4. The summed E-state index contributed by atoms with van der Waals surface area (Å²) < 4.78 is 49.4. The van der Waals surface area contributed by atoms with Gasteiger partial charge in [0.05, 0.1) is 30.0 Å². The standard InChI is InChI=1S/C20H18BrClFNO6S/c1-31(27,28)30-12-7-16(24(10-12)19(25)26)20(11-5-3-2-4-6-11)9-13-15(29-20)8-14(23)18(22)17(13)21/h2-6,8,12,16H,7,9-10H2,1H3,(H,25,26)/t12-,16-,20?/m0/s1. The van der Waals surface area contributed by atoms with E-state index in [1.54, 1.807) is 24.3 Å². The van der Waals surface area contributed by atoms with Gasteiger partial charge < -0.3 is 9.84 Å². The SMILES string of the molecule is CS(=O)(=O)O[C@H]1C[C@@H](C2(c3ccccc3)Cc3c(cc(F)c(Cl)c3Br)O2)N(C(=O)O)C1. The molecule has 31 heavy (non-hydrogen) atoms. The first-order chi connectivity index (χ1) is 14.5. The molecule has 4 rings (SSSR count). The van der Waals surface area contributed by atoms with E-state index in [-0.39, 0.29) is 30.2 Å². The number of carboxylic acid groups (broad SMARTS) is 1. The van der Waals surface area contributed by atoms with E-state index in [4.69, 9.17) is 20.5 Å². The zero-order chi connectivity index (χ0) is 22.6. The Hall–Kier alpha value is -1.88. The summed E-state index contributed by atoms with van der Waals surface area (Å²) in [5, 5.41) is 9.76. The van der Waals surface area contributed by atoms with Crippen LogP contribution in [0.2, 0.25) is 5.02 Å². The van der Waals surface area contributed by atoms with Crippen molar-refractivity contribution in [3.8, 4) is 5.75 Å². The molecule has 0 aliphatic carbocycles. The lowest BCUT2D eigenvalue weighted by Crippen LogP contribution is -2.52. The van der Waals surface area contributed by atoms with Crippen LogP contribution >= 0.6 is 27.5 Å². The average Bonchev–Trinajstić information content (AvgIpc) is 3.28. The maximum atomic E-state index is 14.3. The van der Waals surface area contributed by atoms with Crippen molar-refractivity contribution in [1.82, 2.24) is 4.90 Å². The number of amides is 1. The Morgan fingerprint density at radius 1 is 1.39 bits per heavy atom. The monoisotopic (exact) mass is 533 g/mol. The summed E-state index contributed by atoms with van der Waals surface area (Å²) in [5.74, 6) is -0.425. The number of nitrogens with zero attached hydrogens (tertiary/aromatic N) is 1. The second kappa shape index (κ2) is 7.91. The van der Waals surface area contributed by atoms with Gasteiger partial charge in [-0.3, -0.25) is 9.08 Å². The molecule has 2 aromatic carbocycles. The van der Waals surface area contributed by atoms with Crippen LogP contribution in [0.3, 0.4) is 0 Å². The summed E-state index contributed by atoms with van der Waals surface area (Å²) >= 11 is 9.39. The Kier molecular flexibility index (Phi) is 5.70. The van der Waals surface area contributed by atoms with Gasteiger partial charge in [0.15, 0.2) is 5.60 Å². The van der Waals surface area contributed by atoms with Gasteiger partial charge >= 0.3 is 6.09 Å². The number of fused-ring (bicyclic) bond motifs is 1. The Bertz CT molecular complexity index is 1150. The maximum absolute atomic E-state index is 14.3. The Morgan fingerprint density at radius 3 is 2.68 bits per heavy atom. The van der Waals surface area contributed by atoms with Crippen molar-refractivity contribution < 1.29 is 31.6 Å². The van der Waals surface area contributed by atoms with E-state index in [0.717, 1.165) is 11.2 Å². The second-order valence-corrected chi connectivity index (χ2v) is 10.4. The highest BCUT2D eigenvalue weighted by atomic mass is 79.9. The highest BCUT2D eigenvalue weighted by Gasteiger charge is 2.56. The van der Waals surface area contributed by atoms with E-state index >= 15 is 0 Å². The first-order valence-corrected chi connectivity index (χ1v) is 12.3. The molecular formula is C20H18BrClFNO6S. The first kappa shape index (κ1) is 22.3. The fourth-order valence-corrected chi connectivity index (χ4v) is 5.72. The number of hydrogen-bond acceptors (Lipinski definition) is 5. The third-order valence-electron chi connectivity index (χ3n) is 5.57. The highest BCUT2D eigenvalue weighted by Crippen LogP contribution is 2.51. The molecular weight excluding hydrogens is 517 g/mol. The number of likely N-dealkylation sites (tertiary alicyclic amines) is 1. The van der Waals surface area contributed by atoms with Gasteiger partial charge in [0.1, 0.15) is 11.6 Å². The molecule has 1 saturated heterocycles. The second-order valence-electron chi connectivity index (χ2n) is 7.61. The van der Waals surface area contributed by atoms with Gasteiger partial charge in [0.25, 0.3) is 10.1 Å². The molecule has 2 aromatic rings. The predicted octanol–water partition coefficient (Wildman–Crippen LogP) is 4.17. The van der Waals surface area contributed by atoms with E-state index in [9.17, 15) is 22.7 Å². The highest BCUT2D eigenvalue weighted by molar-refractivity contribution is 9.10. The third-order valence-corrected chi connectivity index (χ3v) is 7.67. The zero-order valence-electron chi connectivity index (χ0n) is 16.2. The van der Waals surface area contributed by atoms with Gasteiger partial charge in [-0.15, -0.1) is 0 Å². The molecule has 0 bridgehead atoms. The molecule has 1 amide bonds. The van der Waals surface area contributed by atoms with Gasteiger partial charge in [0, 0.05) is 28.9 Å². The summed E-state index contributed by atoms with van der Waals surface area (Å²) in [4.78, 5) is 13.2. The summed E-state index contributed by atoms with van der Waals surface area (Å²) in [6.07, 6.45) is -0.902. The quantitative estimate of drug-likeness (QED) is 0.468. The normalized spacial score (nSPS) is 25.4. The third kappa shape index (κ3) is 4.02. The van der Waals surface area contributed by atoms with Gasteiger partial charge in [0.2, 0.25) is 0 Å². The van der Waals surface area contributed by atoms with Crippen LogP contribution < -0.4 is 4.74 Å². The number of benzene rings is 2. The van der Waals surface area contributed by atoms with Crippen LogP contribution in [-0.4, -0.2) is 49.5 Å². The minimum atomic E-state index is -3.79. The molecule has 0 radical (unpaired) electrons. The van der Waals surface area contributed by atoms with Gasteiger partial charge in [-0.1, -0.05) is 41.9 Å². The molecule has 0 saturated carbocycles. The predicted molar refractivity (Wildman–Crippen MR) is 114 cm³/mol. The van der Waals surface area contributed by atoms with E-state index < -0.39 is 39.8 Å². The number of ether oxygens (including phenoxy) is 1. The fraction of sp³-hybridized carbons (Fsp3) is 0.350. The maximum Gasteiger partial charge on any atom is 0.407 e. The van der Waals surface area contributed by atoms with Crippen molar-refractivity contribution in [3.63, 3.8) is 0 Å². The first-order valence-electron chi connectivity index (χ1n) is 9.30. The van der Waals surface area contributed by atoms with Crippen molar-refractivity contribution in [1.29, 1.82) is 0 Å². The zero-order valence-corrected chi connectivity index (χ0v) is 19.4. The minimum Gasteiger partial charge on any atom is -0.480 e. The van der Waals surface area contributed by atoms with Crippen LogP contribution in [0.15, 0.2) is 40.9 Å². The molecule has 166 valence electrons. The Balaban J connectivity index is 1.83. The lowest BCUT2D eigenvalue weighted by atomic mass is 9.81. The summed E-state index contributed by atoms with van der Waals surface area (Å²) in [6, 6.07) is 9.36. The smallest absolute Gasteiger partial charge is 0.407 e. The van der Waals surface area contributed by atoms with Crippen LogP contribution in [0, 0.1) is 5.82 Å². The minimum absolute atomic E-state index is 0.0795. The van der Waals surface area contributed by atoms with E-state index in [0.29, 0.717) is 15.6 Å². The molecule has 3 atom stereocenters. The van der Waals surface area contributed by atoms with Crippen LogP contribution in [0.5, 0.6) is 5.75 Å². The lowest BCUT2D eigenvalue weighted by Gasteiger charge is -2.38. The lowest BCUT2D eigenvalue weighted by molar-refractivity contribution is 0.00659. The van der Waals surface area contributed by atoms with E-state index in [1.807, 2.05) is 6.07 Å². The summed E-state index contributed by atoms with van der Waals surface area (Å²) in [6.45, 7) is -0.141. The fourth-order valence-electron chi connectivity index (χ4n) is 4.39. The summed E-state index contributed by atoms with van der Waals surface area (Å²) in [7, 11) is -3.79. The topological polar surface area (TPSA) is 93.1 Å². The van der Waals surface area contributed by atoms with Crippen molar-refractivity contribution in [2.45, 2.75) is 30.6 Å². The van der Waals surface area contributed by atoms with Gasteiger partial charge in [-0.05, 0) is 21.5 Å². The van der Waals surface area contributed by atoms with Crippen LogP contribution in [0.1, 0.15) is 17.5 Å². The molecule has 0 spiro atoms. The van der Waals surface area contributed by atoms with Crippen molar-refractivity contribution in [2.24, 2.45) is 0 Å². The van der Waals surface area contributed by atoms with Gasteiger partial charge in [-0.25, -0.2) is 9.18 Å². The van der Waals surface area contributed by atoms with Crippen molar-refractivity contribution in [3.05, 3.63) is 62.8 Å². The molecule has 1 fully saturated rings. The molecule has 2 aliphatic rings. The van der Waals surface area contributed by atoms with Crippen molar-refractivity contribution >= 4 is 43.7 Å². The Labute approximate surface area is 192 Å². The molecule has 2 heterocycles. The summed E-state index contributed by atoms with van der Waals surface area (Å²) in [5.41, 5.74) is 0.0519. The molecule has 7 nitrogen and oxygen atoms in total. The number of hydrogen-bond donors (Lipinski definition) is 1. The number of carbonyl (C=O) groups is 1. The molecule has 1 unspecified atom stereocenters. The molecule has 0 aromatic heterocycles. The average molecular weight is 535 g/mol. The van der Waals surface area contributed by atoms with Crippen LogP contribution in [0.4, 0.5) is 9.18 Å². The molecule has 1 N–H and O–H groups in total. The largest absolute Gasteiger partial charge is 0.480 e. The van der Waals surface area contributed by atoms with Crippen LogP contribution in [-0.2, 0) is 26.3 Å². The van der Waals surface area contributed by atoms with Crippen LogP contribution in [0.25, 0.3) is 0 Å².